The lowest BCUT2D eigenvalue weighted by atomic mass is 10.1. The monoisotopic (exact) mass is 420 g/mol. The summed E-state index contributed by atoms with van der Waals surface area (Å²) in [7, 11) is 0. The van der Waals surface area contributed by atoms with E-state index in [-0.39, 0.29) is 17.1 Å². The number of hydrogen-bond donors (Lipinski definition) is 0. The second-order valence-electron chi connectivity index (χ2n) is 6.61. The zero-order valence-electron chi connectivity index (χ0n) is 15.6. The molecule has 0 bridgehead atoms. The molecule has 144 valence electrons. The number of fused-ring (bicyclic) bond motifs is 1. The largest absolute Gasteiger partial charge is 0.293 e. The van der Waals surface area contributed by atoms with Crippen molar-refractivity contribution in [2.45, 2.75) is 12.1 Å². The Morgan fingerprint density at radius 1 is 1.03 bits per heavy atom. The number of ketones is 1. The Balaban J connectivity index is 1.76. The third-order valence-electron chi connectivity index (χ3n) is 4.50. The summed E-state index contributed by atoms with van der Waals surface area (Å²) >= 11 is 7.15. The average Bonchev–Trinajstić information content (AvgIpc) is 2.72. The lowest BCUT2D eigenvalue weighted by Gasteiger charge is -2.13. The average molecular weight is 421 g/mol. The molecule has 29 heavy (non-hydrogen) atoms. The van der Waals surface area contributed by atoms with E-state index in [0.717, 1.165) is 11.3 Å². The van der Waals surface area contributed by atoms with Crippen LogP contribution in [0, 0.1) is 6.92 Å². The quantitative estimate of drug-likeness (QED) is 0.249. The summed E-state index contributed by atoms with van der Waals surface area (Å²) < 4.78 is 1.58. The maximum atomic E-state index is 13.2. The van der Waals surface area contributed by atoms with Crippen molar-refractivity contribution in [2.75, 3.05) is 5.75 Å². The van der Waals surface area contributed by atoms with Gasteiger partial charge in [0.1, 0.15) is 0 Å². The highest BCUT2D eigenvalue weighted by atomic mass is 35.5. The van der Waals surface area contributed by atoms with Crippen LogP contribution in [0.15, 0.2) is 82.7 Å². The molecule has 4 rings (SSSR count). The molecule has 4 aromatic rings. The number of hydrogen-bond acceptors (Lipinski definition) is 4. The number of nitrogens with zero attached hydrogens (tertiary/aromatic N) is 2. The third-order valence-corrected chi connectivity index (χ3v) is 5.69. The summed E-state index contributed by atoms with van der Waals surface area (Å²) in [5.74, 6) is 0.114. The zero-order valence-corrected chi connectivity index (χ0v) is 17.2. The van der Waals surface area contributed by atoms with Gasteiger partial charge in [-0.3, -0.25) is 14.2 Å². The fraction of sp³-hybridized carbons (Fsp3) is 0.0870. The van der Waals surface area contributed by atoms with Crippen LogP contribution in [0.4, 0.5) is 0 Å². The number of rotatable bonds is 5. The Bertz CT molecular complexity index is 1270. The van der Waals surface area contributed by atoms with Gasteiger partial charge in [-0.2, -0.15) is 0 Å². The van der Waals surface area contributed by atoms with Crippen molar-refractivity contribution in [2.24, 2.45) is 0 Å². The SMILES string of the molecule is Cc1cccc(-n2c(SCC(=O)c3ccc(Cl)cc3)nc3ccccc3c2=O)c1. The van der Waals surface area contributed by atoms with E-state index < -0.39 is 0 Å². The van der Waals surface area contributed by atoms with Crippen LogP contribution in [0.25, 0.3) is 16.6 Å². The summed E-state index contributed by atoms with van der Waals surface area (Å²) in [4.78, 5) is 30.5. The number of carbonyl (C=O) groups is 1. The molecule has 4 nitrogen and oxygen atoms in total. The number of para-hydroxylation sites is 1. The molecule has 0 atom stereocenters. The summed E-state index contributed by atoms with van der Waals surface area (Å²) in [5.41, 5.74) is 2.81. The third kappa shape index (κ3) is 4.11. The molecule has 0 fully saturated rings. The first-order valence-electron chi connectivity index (χ1n) is 9.03. The molecule has 1 aromatic heterocycles. The van der Waals surface area contributed by atoms with E-state index >= 15 is 0 Å². The highest BCUT2D eigenvalue weighted by Gasteiger charge is 2.15. The van der Waals surface area contributed by atoms with E-state index in [1.54, 1.807) is 34.9 Å². The van der Waals surface area contributed by atoms with Gasteiger partial charge in [0.25, 0.3) is 5.56 Å². The van der Waals surface area contributed by atoms with Crippen LogP contribution in [-0.2, 0) is 0 Å². The lowest BCUT2D eigenvalue weighted by molar-refractivity contribution is 0.102. The van der Waals surface area contributed by atoms with Crippen LogP contribution in [-0.4, -0.2) is 21.1 Å². The number of aryl methyl sites for hydroxylation is 1. The maximum absolute atomic E-state index is 13.2. The van der Waals surface area contributed by atoms with Crippen molar-refractivity contribution in [3.8, 4) is 5.69 Å². The second-order valence-corrected chi connectivity index (χ2v) is 7.99. The molecule has 0 N–H and O–H groups in total. The van der Waals surface area contributed by atoms with Crippen molar-refractivity contribution < 1.29 is 4.79 Å². The van der Waals surface area contributed by atoms with Gasteiger partial charge in [-0.15, -0.1) is 0 Å². The molecule has 0 saturated carbocycles. The van der Waals surface area contributed by atoms with Gasteiger partial charge in [-0.05, 0) is 61.0 Å². The molecule has 0 aliphatic heterocycles. The fourth-order valence-corrected chi connectivity index (χ4v) is 4.09. The molecule has 0 radical (unpaired) electrons. The summed E-state index contributed by atoms with van der Waals surface area (Å²) in [5, 5.41) is 1.61. The number of aromatic nitrogens is 2. The first-order valence-corrected chi connectivity index (χ1v) is 10.4. The van der Waals surface area contributed by atoms with Gasteiger partial charge in [-0.25, -0.2) is 4.98 Å². The Labute approximate surface area is 177 Å². The Morgan fingerprint density at radius 3 is 2.55 bits per heavy atom. The number of halogens is 1. The zero-order chi connectivity index (χ0) is 20.4. The summed E-state index contributed by atoms with van der Waals surface area (Å²) in [6.45, 7) is 1.97. The van der Waals surface area contributed by atoms with E-state index in [1.165, 1.54) is 11.8 Å². The molecular weight excluding hydrogens is 404 g/mol. The standard InChI is InChI=1S/C23H17ClN2O2S/c1-15-5-4-6-18(13-15)26-22(28)19-7-2-3-8-20(19)25-23(26)29-14-21(27)16-9-11-17(24)12-10-16/h2-13H,14H2,1H3. The molecular formula is C23H17ClN2O2S. The first-order chi connectivity index (χ1) is 14.0. The summed E-state index contributed by atoms with van der Waals surface area (Å²) in [6.07, 6.45) is 0. The van der Waals surface area contributed by atoms with E-state index in [0.29, 0.717) is 26.6 Å². The van der Waals surface area contributed by atoms with Gasteiger partial charge in [0.15, 0.2) is 10.9 Å². The van der Waals surface area contributed by atoms with Crippen molar-refractivity contribution in [1.82, 2.24) is 9.55 Å². The number of benzene rings is 3. The highest BCUT2D eigenvalue weighted by Crippen LogP contribution is 2.23. The van der Waals surface area contributed by atoms with Gasteiger partial charge in [-0.1, -0.05) is 47.6 Å². The smallest absolute Gasteiger partial charge is 0.266 e. The predicted octanol–water partition coefficient (Wildman–Crippen LogP) is 5.32. The number of thioether (sulfide) groups is 1. The molecule has 0 saturated heterocycles. The maximum Gasteiger partial charge on any atom is 0.266 e. The Hall–Kier alpha value is -2.89. The Kier molecular flexibility index (Phi) is 5.51. The van der Waals surface area contributed by atoms with Gasteiger partial charge in [0.2, 0.25) is 0 Å². The predicted molar refractivity (Wildman–Crippen MR) is 119 cm³/mol. The molecule has 0 spiro atoms. The van der Waals surface area contributed by atoms with Gasteiger partial charge < -0.3 is 0 Å². The molecule has 1 heterocycles. The number of carbonyl (C=O) groups excluding carboxylic acids is 1. The fourth-order valence-electron chi connectivity index (χ4n) is 3.05. The van der Waals surface area contributed by atoms with E-state index in [4.69, 9.17) is 11.6 Å². The van der Waals surface area contributed by atoms with Crippen LogP contribution in [0.1, 0.15) is 15.9 Å². The number of Topliss-reactive ketones (excluding diaryl/α,β-unsaturated/α-hetero) is 1. The minimum Gasteiger partial charge on any atom is -0.293 e. The van der Waals surface area contributed by atoms with Crippen molar-refractivity contribution in [3.05, 3.63) is 99.3 Å². The molecule has 0 unspecified atom stereocenters. The minimum atomic E-state index is -0.150. The van der Waals surface area contributed by atoms with Gasteiger partial charge >= 0.3 is 0 Å². The second kappa shape index (κ2) is 8.23. The van der Waals surface area contributed by atoms with Gasteiger partial charge in [0.05, 0.1) is 22.3 Å². The highest BCUT2D eigenvalue weighted by molar-refractivity contribution is 7.99. The molecule has 0 aliphatic carbocycles. The normalized spacial score (nSPS) is 11.0. The molecule has 0 amide bonds. The van der Waals surface area contributed by atoms with Crippen LogP contribution in [0.3, 0.4) is 0 Å². The van der Waals surface area contributed by atoms with Gasteiger partial charge in [0, 0.05) is 10.6 Å². The van der Waals surface area contributed by atoms with Crippen LogP contribution < -0.4 is 5.56 Å². The molecule has 3 aromatic carbocycles. The van der Waals surface area contributed by atoms with E-state index in [9.17, 15) is 9.59 Å². The molecule has 6 heteroatoms. The van der Waals surface area contributed by atoms with E-state index in [2.05, 4.69) is 4.98 Å². The molecule has 0 aliphatic rings. The Morgan fingerprint density at radius 2 is 1.79 bits per heavy atom. The van der Waals surface area contributed by atoms with Crippen LogP contribution in [0.2, 0.25) is 5.02 Å². The minimum absolute atomic E-state index is 0.0510. The van der Waals surface area contributed by atoms with Crippen LogP contribution in [0.5, 0.6) is 0 Å². The van der Waals surface area contributed by atoms with Crippen molar-refractivity contribution in [3.63, 3.8) is 0 Å². The van der Waals surface area contributed by atoms with Crippen molar-refractivity contribution >= 4 is 40.0 Å². The summed E-state index contributed by atoms with van der Waals surface area (Å²) in [6, 6.07) is 21.7. The first kappa shape index (κ1) is 19.4. The lowest BCUT2D eigenvalue weighted by Crippen LogP contribution is -2.22. The van der Waals surface area contributed by atoms with Crippen molar-refractivity contribution in [1.29, 1.82) is 0 Å². The topological polar surface area (TPSA) is 52.0 Å². The van der Waals surface area contributed by atoms with E-state index in [1.807, 2.05) is 49.4 Å². The van der Waals surface area contributed by atoms with Crippen LogP contribution >= 0.6 is 23.4 Å².